The molecule has 0 aromatic heterocycles. The van der Waals surface area contributed by atoms with Gasteiger partial charge in [0.25, 0.3) is 0 Å². The van der Waals surface area contributed by atoms with Crippen molar-refractivity contribution in [2.45, 2.75) is 19.0 Å². The van der Waals surface area contributed by atoms with E-state index in [1.807, 2.05) is 0 Å². The summed E-state index contributed by atoms with van der Waals surface area (Å²) >= 11 is 0. The van der Waals surface area contributed by atoms with Gasteiger partial charge in [-0.05, 0) is 44.0 Å². The fourth-order valence-corrected chi connectivity index (χ4v) is 2.33. The van der Waals surface area contributed by atoms with E-state index in [9.17, 15) is 18.0 Å². The fourth-order valence-electron chi connectivity index (χ4n) is 2.33. The van der Waals surface area contributed by atoms with Crippen molar-refractivity contribution in [1.82, 2.24) is 10.6 Å². The van der Waals surface area contributed by atoms with Crippen LogP contribution in [0.4, 0.5) is 23.7 Å². The third-order valence-corrected chi connectivity index (χ3v) is 3.49. The van der Waals surface area contributed by atoms with Gasteiger partial charge in [0.1, 0.15) is 0 Å². The van der Waals surface area contributed by atoms with E-state index >= 15 is 0 Å². The normalized spacial score (nSPS) is 16.5. The standard InChI is InChI=1S/C14H18F3N3O/c15-14(16,17)11-3-1-2-4-12(11)20-13(21)19-9-10-5-7-18-8-6-10/h1-4,10,18H,5-9H2,(H2,19,20,21). The molecule has 0 bridgehead atoms. The summed E-state index contributed by atoms with van der Waals surface area (Å²) in [5.41, 5.74) is -1.07. The molecule has 0 atom stereocenters. The quantitative estimate of drug-likeness (QED) is 0.804. The van der Waals surface area contributed by atoms with Gasteiger partial charge in [0.05, 0.1) is 11.3 Å². The molecule has 0 saturated carbocycles. The number of nitrogens with one attached hydrogen (secondary N) is 3. The summed E-state index contributed by atoms with van der Waals surface area (Å²) in [5, 5.41) is 8.12. The van der Waals surface area contributed by atoms with Crippen molar-refractivity contribution in [2.75, 3.05) is 25.0 Å². The first kappa shape index (κ1) is 15.6. The topological polar surface area (TPSA) is 53.2 Å². The Labute approximate surface area is 121 Å². The molecule has 2 amide bonds. The highest BCUT2D eigenvalue weighted by molar-refractivity contribution is 5.90. The van der Waals surface area contributed by atoms with Crippen LogP contribution in [0.2, 0.25) is 0 Å². The lowest BCUT2D eigenvalue weighted by Crippen LogP contribution is -2.38. The number of halogens is 3. The van der Waals surface area contributed by atoms with E-state index in [-0.39, 0.29) is 5.69 Å². The number of benzene rings is 1. The molecular formula is C14H18F3N3O. The maximum Gasteiger partial charge on any atom is 0.418 e. The molecule has 116 valence electrons. The average Bonchev–Trinajstić information content (AvgIpc) is 2.46. The van der Waals surface area contributed by atoms with Crippen molar-refractivity contribution in [3.05, 3.63) is 29.8 Å². The molecule has 0 radical (unpaired) electrons. The molecule has 7 heteroatoms. The zero-order valence-corrected chi connectivity index (χ0v) is 11.5. The van der Waals surface area contributed by atoms with Crippen LogP contribution in [0.25, 0.3) is 0 Å². The number of carbonyl (C=O) groups is 1. The Hall–Kier alpha value is -1.76. The van der Waals surface area contributed by atoms with E-state index < -0.39 is 17.8 Å². The monoisotopic (exact) mass is 301 g/mol. The highest BCUT2D eigenvalue weighted by Crippen LogP contribution is 2.34. The molecule has 4 nitrogen and oxygen atoms in total. The second-order valence-electron chi connectivity index (χ2n) is 5.07. The predicted octanol–water partition coefficient (Wildman–Crippen LogP) is 2.83. The number of carbonyl (C=O) groups excluding carboxylic acids is 1. The Morgan fingerprint density at radius 1 is 1.24 bits per heavy atom. The van der Waals surface area contributed by atoms with Gasteiger partial charge in [-0.25, -0.2) is 4.79 Å². The molecule has 0 aliphatic carbocycles. The van der Waals surface area contributed by atoms with Crippen LogP contribution >= 0.6 is 0 Å². The number of alkyl halides is 3. The van der Waals surface area contributed by atoms with Gasteiger partial charge in [0, 0.05) is 6.54 Å². The molecule has 1 aliphatic heterocycles. The van der Waals surface area contributed by atoms with Gasteiger partial charge in [0.2, 0.25) is 0 Å². The van der Waals surface area contributed by atoms with Crippen LogP contribution in [-0.2, 0) is 6.18 Å². The third-order valence-electron chi connectivity index (χ3n) is 3.49. The maximum absolute atomic E-state index is 12.8. The van der Waals surface area contributed by atoms with Crippen molar-refractivity contribution >= 4 is 11.7 Å². The minimum Gasteiger partial charge on any atom is -0.338 e. The minimum atomic E-state index is -4.49. The number of amides is 2. The zero-order valence-electron chi connectivity index (χ0n) is 11.5. The summed E-state index contributed by atoms with van der Waals surface area (Å²) in [6, 6.07) is 4.33. The summed E-state index contributed by atoms with van der Waals surface area (Å²) in [4.78, 5) is 11.7. The molecule has 1 saturated heterocycles. The van der Waals surface area contributed by atoms with E-state index in [1.165, 1.54) is 18.2 Å². The Morgan fingerprint density at radius 2 is 1.90 bits per heavy atom. The van der Waals surface area contributed by atoms with Crippen LogP contribution in [-0.4, -0.2) is 25.7 Å². The molecule has 0 unspecified atom stereocenters. The van der Waals surface area contributed by atoms with Crippen LogP contribution < -0.4 is 16.0 Å². The lowest BCUT2D eigenvalue weighted by atomic mass is 9.98. The molecule has 2 rings (SSSR count). The Bertz CT molecular complexity index is 485. The van der Waals surface area contributed by atoms with Crippen LogP contribution in [0.3, 0.4) is 0 Å². The highest BCUT2D eigenvalue weighted by Gasteiger charge is 2.33. The molecule has 1 fully saturated rings. The first-order chi connectivity index (χ1) is 9.97. The van der Waals surface area contributed by atoms with Gasteiger partial charge in [-0.3, -0.25) is 0 Å². The highest BCUT2D eigenvalue weighted by atomic mass is 19.4. The molecule has 1 aromatic rings. The van der Waals surface area contributed by atoms with Crippen molar-refractivity contribution in [2.24, 2.45) is 5.92 Å². The summed E-state index contributed by atoms with van der Waals surface area (Å²) in [6.07, 6.45) is -2.57. The average molecular weight is 301 g/mol. The number of para-hydroxylation sites is 1. The molecular weight excluding hydrogens is 283 g/mol. The fraction of sp³-hybridized carbons (Fsp3) is 0.500. The first-order valence-electron chi connectivity index (χ1n) is 6.88. The van der Waals surface area contributed by atoms with E-state index in [2.05, 4.69) is 16.0 Å². The Morgan fingerprint density at radius 3 is 2.57 bits per heavy atom. The zero-order chi connectivity index (χ0) is 15.3. The Kier molecular flexibility index (Phi) is 5.06. The number of urea groups is 1. The number of piperidine rings is 1. The van der Waals surface area contributed by atoms with Crippen LogP contribution in [0, 0.1) is 5.92 Å². The van der Waals surface area contributed by atoms with Crippen molar-refractivity contribution in [3.8, 4) is 0 Å². The summed E-state index contributed by atoms with van der Waals surface area (Å²) in [5.74, 6) is 0.370. The third kappa shape index (κ3) is 4.63. The van der Waals surface area contributed by atoms with Crippen LogP contribution in [0.5, 0.6) is 0 Å². The second kappa shape index (κ2) is 6.80. The van der Waals surface area contributed by atoms with Gasteiger partial charge in [0.15, 0.2) is 0 Å². The molecule has 0 spiro atoms. The minimum absolute atomic E-state index is 0.229. The van der Waals surface area contributed by atoms with Crippen molar-refractivity contribution in [3.63, 3.8) is 0 Å². The van der Waals surface area contributed by atoms with E-state index in [4.69, 9.17) is 0 Å². The van der Waals surface area contributed by atoms with Gasteiger partial charge < -0.3 is 16.0 Å². The van der Waals surface area contributed by atoms with Gasteiger partial charge in [-0.2, -0.15) is 13.2 Å². The Balaban J connectivity index is 1.90. The van der Waals surface area contributed by atoms with Gasteiger partial charge >= 0.3 is 12.2 Å². The molecule has 1 aromatic carbocycles. The second-order valence-corrected chi connectivity index (χ2v) is 5.07. The van der Waals surface area contributed by atoms with Crippen molar-refractivity contribution in [1.29, 1.82) is 0 Å². The van der Waals surface area contributed by atoms with Crippen LogP contribution in [0.15, 0.2) is 24.3 Å². The summed E-state index contributed by atoms with van der Waals surface area (Å²) in [7, 11) is 0. The number of rotatable bonds is 3. The van der Waals surface area contributed by atoms with E-state index in [1.54, 1.807) is 0 Å². The van der Waals surface area contributed by atoms with Gasteiger partial charge in [-0.1, -0.05) is 12.1 Å². The molecule has 21 heavy (non-hydrogen) atoms. The predicted molar refractivity (Wildman–Crippen MR) is 74.1 cm³/mol. The number of anilines is 1. The molecule has 1 heterocycles. The number of hydrogen-bond acceptors (Lipinski definition) is 2. The first-order valence-corrected chi connectivity index (χ1v) is 6.88. The van der Waals surface area contributed by atoms with Crippen molar-refractivity contribution < 1.29 is 18.0 Å². The van der Waals surface area contributed by atoms with E-state index in [0.717, 1.165) is 32.0 Å². The summed E-state index contributed by atoms with van der Waals surface area (Å²) < 4.78 is 38.4. The molecule has 3 N–H and O–H groups in total. The van der Waals surface area contributed by atoms with E-state index in [0.29, 0.717) is 12.5 Å². The molecule has 1 aliphatic rings. The smallest absolute Gasteiger partial charge is 0.338 e. The number of hydrogen-bond donors (Lipinski definition) is 3. The largest absolute Gasteiger partial charge is 0.418 e. The lowest BCUT2D eigenvalue weighted by molar-refractivity contribution is -0.136. The summed E-state index contributed by atoms with van der Waals surface area (Å²) in [6.45, 7) is 2.29. The van der Waals surface area contributed by atoms with Crippen LogP contribution in [0.1, 0.15) is 18.4 Å². The lowest BCUT2D eigenvalue weighted by Gasteiger charge is -2.23. The van der Waals surface area contributed by atoms with Gasteiger partial charge in [-0.15, -0.1) is 0 Å². The maximum atomic E-state index is 12.8. The SMILES string of the molecule is O=C(NCC1CCNCC1)Nc1ccccc1C(F)(F)F.